The predicted octanol–water partition coefficient (Wildman–Crippen LogP) is 3.23. The first-order chi connectivity index (χ1) is 12.2. The van der Waals surface area contributed by atoms with Gasteiger partial charge in [0.2, 0.25) is 10.0 Å². The van der Waals surface area contributed by atoms with Crippen molar-refractivity contribution in [3.8, 4) is 0 Å². The molecule has 1 heterocycles. The molecule has 0 bridgehead atoms. The van der Waals surface area contributed by atoms with Crippen LogP contribution >= 0.6 is 0 Å². The van der Waals surface area contributed by atoms with Gasteiger partial charge in [-0.15, -0.1) is 0 Å². The number of rotatable bonds is 3. The van der Waals surface area contributed by atoms with E-state index in [1.807, 2.05) is 13.8 Å². The summed E-state index contributed by atoms with van der Waals surface area (Å²) < 4.78 is 67.3. The number of hydrogen-bond acceptors (Lipinski definition) is 3. The largest absolute Gasteiger partial charge is 0.366 e. The van der Waals surface area contributed by atoms with Gasteiger partial charge in [0.25, 0.3) is 0 Å². The number of sulfonamides is 1. The Morgan fingerprint density at radius 2 is 1.50 bits per heavy atom. The Morgan fingerprint density at radius 1 is 0.846 bits per heavy atom. The molecule has 1 fully saturated rings. The van der Waals surface area contributed by atoms with Gasteiger partial charge in [-0.1, -0.05) is 6.07 Å². The zero-order chi connectivity index (χ0) is 19.1. The first kappa shape index (κ1) is 18.7. The van der Waals surface area contributed by atoms with Crippen molar-refractivity contribution >= 4 is 15.7 Å². The van der Waals surface area contributed by atoms with E-state index in [0.29, 0.717) is 0 Å². The highest BCUT2D eigenvalue weighted by Crippen LogP contribution is 2.26. The van der Waals surface area contributed by atoms with E-state index >= 15 is 0 Å². The van der Waals surface area contributed by atoms with Crippen LogP contribution in [0.25, 0.3) is 0 Å². The van der Waals surface area contributed by atoms with Crippen LogP contribution in [-0.2, 0) is 10.0 Å². The normalized spacial score (nSPS) is 16.1. The molecule has 0 unspecified atom stereocenters. The van der Waals surface area contributed by atoms with Crippen molar-refractivity contribution in [1.82, 2.24) is 4.31 Å². The van der Waals surface area contributed by atoms with E-state index in [0.717, 1.165) is 17.2 Å². The molecule has 1 aliphatic heterocycles. The third-order valence-electron chi connectivity index (χ3n) is 4.71. The molecular weight excluding hydrogens is 365 g/mol. The van der Waals surface area contributed by atoms with Crippen molar-refractivity contribution in [2.24, 2.45) is 0 Å². The molecule has 0 aromatic heterocycles. The fourth-order valence-electron chi connectivity index (χ4n) is 2.95. The van der Waals surface area contributed by atoms with Gasteiger partial charge in [0.15, 0.2) is 17.5 Å². The molecule has 0 spiro atoms. The lowest BCUT2D eigenvalue weighted by Gasteiger charge is -2.35. The van der Waals surface area contributed by atoms with Gasteiger partial charge < -0.3 is 4.90 Å². The van der Waals surface area contributed by atoms with Crippen molar-refractivity contribution in [2.45, 2.75) is 18.7 Å². The summed E-state index contributed by atoms with van der Waals surface area (Å²) in [6.45, 7) is 4.39. The Kier molecular flexibility index (Phi) is 4.98. The van der Waals surface area contributed by atoms with Crippen molar-refractivity contribution in [3.63, 3.8) is 0 Å². The molecule has 2 aromatic carbocycles. The van der Waals surface area contributed by atoms with Crippen LogP contribution in [-0.4, -0.2) is 38.9 Å². The summed E-state index contributed by atoms with van der Waals surface area (Å²) >= 11 is 0. The minimum atomic E-state index is -3.65. The number of benzene rings is 2. The van der Waals surface area contributed by atoms with E-state index in [9.17, 15) is 21.6 Å². The van der Waals surface area contributed by atoms with Crippen LogP contribution in [0.4, 0.5) is 18.9 Å². The van der Waals surface area contributed by atoms with Gasteiger partial charge in [-0.25, -0.2) is 21.6 Å². The Morgan fingerprint density at radius 3 is 2.12 bits per heavy atom. The summed E-state index contributed by atoms with van der Waals surface area (Å²) in [5.41, 5.74) is 1.82. The van der Waals surface area contributed by atoms with Gasteiger partial charge in [-0.3, -0.25) is 0 Å². The monoisotopic (exact) mass is 384 g/mol. The lowest BCUT2D eigenvalue weighted by atomic mass is 10.1. The van der Waals surface area contributed by atoms with Crippen LogP contribution in [0.15, 0.2) is 35.2 Å². The summed E-state index contributed by atoms with van der Waals surface area (Å²) in [5, 5.41) is 0. The maximum Gasteiger partial charge on any atom is 0.243 e. The molecule has 0 radical (unpaired) electrons. The summed E-state index contributed by atoms with van der Waals surface area (Å²) in [7, 11) is -3.65. The van der Waals surface area contributed by atoms with Gasteiger partial charge in [0, 0.05) is 26.2 Å². The van der Waals surface area contributed by atoms with Crippen molar-refractivity contribution < 1.29 is 21.6 Å². The Balaban J connectivity index is 1.78. The standard InChI is InChI=1S/C18H19F3N2O2S/c1-12-3-4-14(11-13(12)2)26(24,25)23-9-7-22(8-10-23)16-6-5-15(19)17(20)18(16)21/h3-6,11H,7-10H2,1-2H3. The molecule has 140 valence electrons. The highest BCUT2D eigenvalue weighted by Gasteiger charge is 2.30. The topological polar surface area (TPSA) is 40.6 Å². The summed E-state index contributed by atoms with van der Waals surface area (Å²) in [5.74, 6) is -4.02. The second-order valence-corrected chi connectivity index (χ2v) is 8.27. The number of piperazine rings is 1. The Hall–Kier alpha value is -2.06. The zero-order valence-corrected chi connectivity index (χ0v) is 15.3. The number of nitrogens with zero attached hydrogens (tertiary/aromatic N) is 2. The number of anilines is 1. The number of hydrogen-bond donors (Lipinski definition) is 0. The average molecular weight is 384 g/mol. The quantitative estimate of drug-likeness (QED) is 0.763. The van der Waals surface area contributed by atoms with Crippen molar-refractivity contribution in [2.75, 3.05) is 31.1 Å². The SMILES string of the molecule is Cc1ccc(S(=O)(=O)N2CCN(c3ccc(F)c(F)c3F)CC2)cc1C. The second kappa shape index (κ2) is 6.92. The van der Waals surface area contributed by atoms with Gasteiger partial charge in [0.05, 0.1) is 10.6 Å². The third-order valence-corrected chi connectivity index (χ3v) is 6.60. The first-order valence-corrected chi connectivity index (χ1v) is 9.61. The van der Waals surface area contributed by atoms with Gasteiger partial charge in [-0.2, -0.15) is 4.31 Å². The average Bonchev–Trinajstić information content (AvgIpc) is 2.62. The predicted molar refractivity (Wildman–Crippen MR) is 93.2 cm³/mol. The first-order valence-electron chi connectivity index (χ1n) is 8.17. The molecule has 0 saturated carbocycles. The Bertz CT molecular complexity index is 940. The van der Waals surface area contributed by atoms with E-state index in [1.165, 1.54) is 15.3 Å². The maximum absolute atomic E-state index is 13.9. The molecule has 1 aliphatic rings. The lowest BCUT2D eigenvalue weighted by molar-refractivity contribution is 0.380. The summed E-state index contributed by atoms with van der Waals surface area (Å²) in [4.78, 5) is 1.73. The maximum atomic E-state index is 13.9. The molecule has 8 heteroatoms. The molecular formula is C18H19F3N2O2S. The third kappa shape index (κ3) is 3.31. The molecule has 0 amide bonds. The van der Waals surface area contributed by atoms with Gasteiger partial charge in [-0.05, 0) is 49.2 Å². The van der Waals surface area contributed by atoms with Gasteiger partial charge >= 0.3 is 0 Å². The second-order valence-electron chi connectivity index (χ2n) is 6.33. The molecule has 4 nitrogen and oxygen atoms in total. The molecule has 0 atom stereocenters. The molecule has 0 aliphatic carbocycles. The van der Waals surface area contributed by atoms with Crippen molar-refractivity contribution in [3.05, 3.63) is 58.9 Å². The summed E-state index contributed by atoms with van der Waals surface area (Å²) in [6.07, 6.45) is 0. The molecule has 1 saturated heterocycles. The van der Waals surface area contributed by atoms with Gasteiger partial charge in [0.1, 0.15) is 0 Å². The smallest absolute Gasteiger partial charge is 0.243 e. The van der Waals surface area contributed by atoms with E-state index in [-0.39, 0.29) is 36.8 Å². The Labute approximate surface area is 150 Å². The molecule has 0 N–H and O–H groups in total. The number of halogens is 3. The van der Waals surface area contributed by atoms with Crippen LogP contribution in [0, 0.1) is 31.3 Å². The van der Waals surface area contributed by atoms with Crippen LogP contribution in [0.1, 0.15) is 11.1 Å². The zero-order valence-electron chi connectivity index (χ0n) is 14.5. The van der Waals surface area contributed by atoms with E-state index in [2.05, 4.69) is 0 Å². The fourth-order valence-corrected chi connectivity index (χ4v) is 4.46. The minimum absolute atomic E-state index is 0.0628. The van der Waals surface area contributed by atoms with Crippen molar-refractivity contribution in [1.29, 1.82) is 0 Å². The highest BCUT2D eigenvalue weighted by molar-refractivity contribution is 7.89. The highest BCUT2D eigenvalue weighted by atomic mass is 32.2. The van der Waals surface area contributed by atoms with Crippen LogP contribution < -0.4 is 4.90 Å². The lowest BCUT2D eigenvalue weighted by Crippen LogP contribution is -2.49. The molecule has 26 heavy (non-hydrogen) atoms. The number of aryl methyl sites for hydroxylation is 2. The van der Waals surface area contributed by atoms with E-state index in [1.54, 1.807) is 18.2 Å². The summed E-state index contributed by atoms with van der Waals surface area (Å²) in [6, 6.07) is 6.99. The van der Waals surface area contributed by atoms with E-state index in [4.69, 9.17) is 0 Å². The van der Waals surface area contributed by atoms with E-state index < -0.39 is 27.5 Å². The molecule has 3 rings (SSSR count). The van der Waals surface area contributed by atoms with Crippen LogP contribution in [0.2, 0.25) is 0 Å². The minimum Gasteiger partial charge on any atom is -0.366 e. The van der Waals surface area contributed by atoms with Crippen LogP contribution in [0.3, 0.4) is 0 Å². The fraction of sp³-hybridized carbons (Fsp3) is 0.333. The van der Waals surface area contributed by atoms with Crippen LogP contribution in [0.5, 0.6) is 0 Å². The molecule has 2 aromatic rings.